The van der Waals surface area contributed by atoms with E-state index < -0.39 is 23.9 Å². The lowest BCUT2D eigenvalue weighted by Crippen LogP contribution is -1.99. The number of hydrogen-bond donors (Lipinski definition) is 6. The van der Waals surface area contributed by atoms with Crippen molar-refractivity contribution in [2.45, 2.75) is 176 Å². The highest BCUT2D eigenvalue weighted by atomic mass is 32.2. The van der Waals surface area contributed by atoms with E-state index in [1.807, 2.05) is 24.3 Å². The van der Waals surface area contributed by atoms with Crippen molar-refractivity contribution in [3.8, 4) is 91.5 Å². The third-order valence-corrected chi connectivity index (χ3v) is 23.6. The number of nitrogens with one attached hydrogen (secondary N) is 2. The van der Waals surface area contributed by atoms with Crippen molar-refractivity contribution in [2.75, 3.05) is 23.0 Å². The Bertz CT molecular complexity index is 5070. The molecule has 0 fully saturated rings. The molecule has 8 aromatic carbocycles. The van der Waals surface area contributed by atoms with E-state index in [-0.39, 0.29) is 25.7 Å². The van der Waals surface area contributed by atoms with Gasteiger partial charge in [0.25, 0.3) is 0 Å². The van der Waals surface area contributed by atoms with Gasteiger partial charge in [0, 0.05) is 43.8 Å². The molecule has 20 nitrogen and oxygen atoms in total. The summed E-state index contributed by atoms with van der Waals surface area (Å²) < 4.78 is 27.6. The van der Waals surface area contributed by atoms with Crippen LogP contribution in [0.3, 0.4) is 0 Å². The summed E-state index contributed by atoms with van der Waals surface area (Å²) in [4.78, 5) is 91.4. The van der Waals surface area contributed by atoms with Crippen molar-refractivity contribution in [3.05, 3.63) is 168 Å². The molecule has 0 saturated heterocycles. The molecule has 0 spiro atoms. The molecule has 2 aliphatic heterocycles. The Morgan fingerprint density at radius 2 is 0.527 bits per heavy atom. The third-order valence-electron chi connectivity index (χ3n) is 19.1. The average molecular weight is 1580 g/mol. The number of carbonyl (C=O) groups is 4. The topological polar surface area (TPSA) is 295 Å². The third kappa shape index (κ3) is 20.5. The van der Waals surface area contributed by atoms with Gasteiger partial charge in [0.2, 0.25) is 0 Å². The number of thioether (sulfide) groups is 4. The molecule has 3 aromatic heterocycles. The van der Waals surface area contributed by atoms with Crippen LogP contribution in [0.15, 0.2) is 165 Å². The highest BCUT2D eigenvalue weighted by molar-refractivity contribution is 8.00. The standard InChI is InChI=1S/C88H90N8O12S4/c1-5-9-13-17-37-109-73-49-65-61(45-69(73)105-57-29-21-53(22-30-57)41-77(97)98)81-89-85(65)93-82-62-46-70(106-58-31-23-54(24-32-58)42-78(99)100)74(110-38-18-14-10-6-2)50-66(62)87(90-82)95-84-64-48-72(108-60-35-27-56(28-36-60)44-80(103)104)76(112-40-20-16-12-8-4)52-68(64)88(92-84)96-83-63-47-71(107-59-33-25-55(26-34-59)43-79(101)102)75(111-39-19-15-11-7-3)51-67(63)86(91-83)94-81/h21-36,45-52H,5-20,37-44H2,1-4H3,(H,97,98)(H,99,100)(H,101,102)(H,103,104)(H2,89,90,91,92,93,94,95,96). The van der Waals surface area contributed by atoms with E-state index in [4.69, 9.17) is 48.9 Å². The Hall–Kier alpha value is -10.4. The first-order valence-electron chi connectivity index (χ1n) is 38.6. The second-order valence-corrected chi connectivity index (χ2v) is 32.4. The molecule has 578 valence electrons. The number of ether oxygens (including phenoxy) is 4. The Labute approximate surface area is 667 Å². The average Bonchev–Trinajstić information content (AvgIpc) is 1.53. The van der Waals surface area contributed by atoms with Gasteiger partial charge in [-0.2, -0.15) is 0 Å². The predicted molar refractivity (Wildman–Crippen MR) is 447 cm³/mol. The van der Waals surface area contributed by atoms with Gasteiger partial charge in [-0.1, -0.05) is 153 Å². The van der Waals surface area contributed by atoms with Gasteiger partial charge in [0.15, 0.2) is 23.3 Å². The fraction of sp³-hybridized carbons (Fsp3) is 0.318. The number of rotatable bonds is 40. The van der Waals surface area contributed by atoms with Crippen molar-refractivity contribution < 1.29 is 58.6 Å². The molecule has 0 amide bonds. The Balaban J connectivity index is 1.11. The lowest BCUT2D eigenvalue weighted by Gasteiger charge is -2.14. The van der Waals surface area contributed by atoms with Crippen LogP contribution in [0.1, 0.15) is 153 Å². The summed E-state index contributed by atoms with van der Waals surface area (Å²) in [5.41, 5.74) is 6.76. The Morgan fingerprint density at radius 1 is 0.295 bits per heavy atom. The number of aliphatic carboxylic acids is 4. The Morgan fingerprint density at radius 3 is 0.777 bits per heavy atom. The van der Waals surface area contributed by atoms with Crippen molar-refractivity contribution in [1.29, 1.82) is 0 Å². The van der Waals surface area contributed by atoms with Crippen molar-refractivity contribution >= 4 is 115 Å². The number of benzene rings is 8. The van der Waals surface area contributed by atoms with Crippen LogP contribution in [0.4, 0.5) is 0 Å². The van der Waals surface area contributed by atoms with E-state index >= 15 is 0 Å². The number of hydrogen-bond acceptors (Lipinski definition) is 18. The molecule has 112 heavy (non-hydrogen) atoms. The second kappa shape index (κ2) is 38.2. The normalized spacial score (nSPS) is 11.6. The smallest absolute Gasteiger partial charge is 0.307 e. The van der Waals surface area contributed by atoms with Gasteiger partial charge >= 0.3 is 23.9 Å². The van der Waals surface area contributed by atoms with Gasteiger partial charge in [-0.3, -0.25) is 19.2 Å². The predicted octanol–water partition coefficient (Wildman–Crippen LogP) is 23.2. The van der Waals surface area contributed by atoms with E-state index in [2.05, 4.69) is 61.9 Å². The van der Waals surface area contributed by atoms with Crippen LogP contribution in [0.5, 0.6) is 46.0 Å². The highest BCUT2D eigenvalue weighted by Crippen LogP contribution is 2.49. The molecule has 0 saturated carbocycles. The molecule has 0 atom stereocenters. The molecule has 8 bridgehead atoms. The van der Waals surface area contributed by atoms with E-state index in [1.165, 1.54) is 0 Å². The van der Waals surface area contributed by atoms with Gasteiger partial charge in [-0.05, 0) is 168 Å². The minimum Gasteiger partial charge on any atom is -0.481 e. The Kier molecular flexibility index (Phi) is 27.2. The molecule has 24 heteroatoms. The van der Waals surface area contributed by atoms with Gasteiger partial charge in [0.1, 0.15) is 68.6 Å². The number of unbranched alkanes of at least 4 members (excludes halogenated alkanes) is 12. The number of nitrogens with zero attached hydrogens (tertiary/aromatic N) is 6. The monoisotopic (exact) mass is 1580 g/mol. The molecular formula is C88H90N8O12S4. The van der Waals surface area contributed by atoms with E-state index in [9.17, 15) is 39.6 Å². The zero-order valence-electron chi connectivity index (χ0n) is 63.2. The molecule has 0 unspecified atom stereocenters. The summed E-state index contributed by atoms with van der Waals surface area (Å²) in [5, 5.41) is 41.5. The van der Waals surface area contributed by atoms with Crippen LogP contribution in [-0.2, 0) is 44.9 Å². The maximum absolute atomic E-state index is 11.8. The zero-order valence-corrected chi connectivity index (χ0v) is 66.5. The van der Waals surface area contributed by atoms with Crippen LogP contribution < -0.4 is 18.9 Å². The number of carboxylic acid groups (broad SMARTS) is 4. The van der Waals surface area contributed by atoms with Gasteiger partial charge in [-0.25, -0.2) is 29.9 Å². The molecule has 13 rings (SSSR count). The summed E-state index contributed by atoms with van der Waals surface area (Å²) in [6.45, 7) is 8.77. The summed E-state index contributed by atoms with van der Waals surface area (Å²) in [5.74, 6) is 4.93. The fourth-order valence-corrected chi connectivity index (χ4v) is 17.4. The molecular weight excluding hydrogens is 1490 g/mol. The van der Waals surface area contributed by atoms with Crippen LogP contribution in [0, 0.1) is 0 Å². The van der Waals surface area contributed by atoms with E-state index in [0.717, 1.165) is 145 Å². The molecule has 2 aliphatic rings. The minimum atomic E-state index is -0.938. The van der Waals surface area contributed by atoms with Crippen molar-refractivity contribution in [3.63, 3.8) is 0 Å². The maximum atomic E-state index is 11.8. The molecule has 11 aromatic rings. The van der Waals surface area contributed by atoms with Crippen molar-refractivity contribution in [1.82, 2.24) is 39.9 Å². The van der Waals surface area contributed by atoms with Gasteiger partial charge in [0.05, 0.1) is 45.3 Å². The van der Waals surface area contributed by atoms with Gasteiger partial charge in [-0.15, -0.1) is 47.0 Å². The lowest BCUT2D eigenvalue weighted by molar-refractivity contribution is -0.137. The number of aromatic nitrogens is 8. The summed E-state index contributed by atoms with van der Waals surface area (Å²) >= 11 is 6.70. The van der Waals surface area contributed by atoms with Crippen LogP contribution in [-0.4, -0.2) is 107 Å². The summed E-state index contributed by atoms with van der Waals surface area (Å²) in [6, 6.07) is 44.6. The number of H-pyrrole nitrogens is 2. The molecule has 0 radical (unpaired) electrons. The molecule has 5 heterocycles. The maximum Gasteiger partial charge on any atom is 0.307 e. The zero-order chi connectivity index (χ0) is 78.0. The van der Waals surface area contributed by atoms with Crippen LogP contribution in [0.2, 0.25) is 0 Å². The summed E-state index contributed by atoms with van der Waals surface area (Å²) in [6.07, 6.45) is 16.1. The molecule has 6 N–H and O–H groups in total. The quantitative estimate of drug-likeness (QED) is 0.0154. The first-order valence-corrected chi connectivity index (χ1v) is 42.5. The molecule has 0 aliphatic carbocycles. The van der Waals surface area contributed by atoms with Crippen molar-refractivity contribution in [2.24, 2.45) is 0 Å². The van der Waals surface area contributed by atoms with Crippen LogP contribution in [0.25, 0.3) is 89.7 Å². The SMILES string of the molecule is CCCCCCSc1cc2c(cc1Oc1ccc(CC(=O)O)cc1)-c1nc-2nc2[nH]c(nc3nc(nc4[nH]c(n1)c1cc(SCCCCCC)c(Oc5ccc(CC(=O)O)cc5)cc41)-c1cc(SCCCCCC)c(Oc4ccc(CC(=O)O)cc4)cc1-3)c1cc(SCCCCCC)c(Oc3ccc(CC(=O)O)cc3)cc21. The summed E-state index contributed by atoms with van der Waals surface area (Å²) in [7, 11) is 0. The largest absolute Gasteiger partial charge is 0.481 e. The minimum absolute atomic E-state index is 0.141. The lowest BCUT2D eigenvalue weighted by atomic mass is 10.1. The first kappa shape index (κ1) is 79.7. The fourth-order valence-electron chi connectivity index (χ4n) is 13.3. The first-order chi connectivity index (χ1) is 54.5. The number of carboxylic acids is 4. The van der Waals surface area contributed by atoms with Gasteiger partial charge < -0.3 is 49.3 Å². The number of aromatic amines is 2. The second-order valence-electron chi connectivity index (χ2n) is 27.9. The van der Waals surface area contributed by atoms with E-state index in [0.29, 0.717) is 158 Å². The van der Waals surface area contributed by atoms with Crippen LogP contribution >= 0.6 is 47.0 Å². The van der Waals surface area contributed by atoms with E-state index in [1.54, 1.807) is 144 Å². The number of fused-ring (bicyclic) bond motifs is 20. The highest BCUT2D eigenvalue weighted by Gasteiger charge is 2.29.